The van der Waals surface area contributed by atoms with Crippen LogP contribution in [0.3, 0.4) is 0 Å². The summed E-state index contributed by atoms with van der Waals surface area (Å²) in [5.74, 6) is -0.208. The average Bonchev–Trinajstić information content (AvgIpc) is 2.76. The molecule has 1 aromatic heterocycles. The number of nitrogens with two attached hydrogens (primary N) is 1. The Bertz CT molecular complexity index is 459. The van der Waals surface area contributed by atoms with Gasteiger partial charge in [0, 0.05) is 10.5 Å². The van der Waals surface area contributed by atoms with Gasteiger partial charge >= 0.3 is 0 Å². The van der Waals surface area contributed by atoms with Crippen LogP contribution in [-0.4, -0.2) is 15.9 Å². The Labute approximate surface area is 101 Å². The number of halogens is 1. The van der Waals surface area contributed by atoms with Crippen LogP contribution in [0.15, 0.2) is 33.8 Å². The molecule has 0 spiro atoms. The SMILES string of the molecule is NCCc1c(F)cccc1Sc1ncns1. The predicted octanol–water partition coefficient (Wildman–Crippen LogP) is 2.33. The fourth-order valence-corrected chi connectivity index (χ4v) is 2.91. The van der Waals surface area contributed by atoms with Crippen molar-refractivity contribution in [3.8, 4) is 0 Å². The Balaban J connectivity index is 2.29. The monoisotopic (exact) mass is 255 g/mol. The molecule has 0 radical (unpaired) electrons. The number of benzene rings is 1. The molecule has 0 saturated heterocycles. The summed E-state index contributed by atoms with van der Waals surface area (Å²) in [6.07, 6.45) is 2.03. The summed E-state index contributed by atoms with van der Waals surface area (Å²) in [5.41, 5.74) is 6.13. The minimum absolute atomic E-state index is 0.208. The number of hydrogen-bond donors (Lipinski definition) is 1. The van der Waals surface area contributed by atoms with E-state index in [-0.39, 0.29) is 5.82 Å². The molecule has 0 atom stereocenters. The second-order valence-electron chi connectivity index (χ2n) is 3.06. The molecule has 16 heavy (non-hydrogen) atoms. The molecular weight excluding hydrogens is 245 g/mol. The zero-order chi connectivity index (χ0) is 11.4. The Hall–Kier alpha value is -0.980. The molecule has 3 nitrogen and oxygen atoms in total. The van der Waals surface area contributed by atoms with Crippen molar-refractivity contribution in [2.75, 3.05) is 6.54 Å². The normalized spacial score (nSPS) is 10.6. The summed E-state index contributed by atoms with van der Waals surface area (Å²) < 4.78 is 18.3. The molecule has 84 valence electrons. The van der Waals surface area contributed by atoms with Gasteiger partial charge in [0.15, 0.2) is 4.34 Å². The van der Waals surface area contributed by atoms with Gasteiger partial charge in [-0.05, 0) is 36.6 Å². The molecule has 0 unspecified atom stereocenters. The van der Waals surface area contributed by atoms with Crippen LogP contribution in [0.5, 0.6) is 0 Å². The molecule has 0 aliphatic heterocycles. The van der Waals surface area contributed by atoms with E-state index in [1.54, 1.807) is 6.07 Å². The van der Waals surface area contributed by atoms with Gasteiger partial charge in [-0.3, -0.25) is 0 Å². The van der Waals surface area contributed by atoms with E-state index >= 15 is 0 Å². The molecule has 0 fully saturated rings. The molecule has 1 aromatic carbocycles. The van der Waals surface area contributed by atoms with Crippen molar-refractivity contribution in [1.29, 1.82) is 0 Å². The number of rotatable bonds is 4. The lowest BCUT2D eigenvalue weighted by atomic mass is 10.1. The third-order valence-corrected chi connectivity index (χ3v) is 3.83. The topological polar surface area (TPSA) is 51.8 Å². The highest BCUT2D eigenvalue weighted by molar-refractivity contribution is 8.01. The van der Waals surface area contributed by atoms with E-state index in [0.717, 1.165) is 9.24 Å². The van der Waals surface area contributed by atoms with Gasteiger partial charge in [-0.1, -0.05) is 17.8 Å². The van der Waals surface area contributed by atoms with Crippen molar-refractivity contribution in [3.05, 3.63) is 35.9 Å². The second-order valence-corrected chi connectivity index (χ2v) is 5.13. The maximum Gasteiger partial charge on any atom is 0.174 e. The lowest BCUT2D eigenvalue weighted by Gasteiger charge is -2.07. The van der Waals surface area contributed by atoms with Crippen molar-refractivity contribution in [2.45, 2.75) is 15.7 Å². The zero-order valence-electron chi connectivity index (χ0n) is 8.39. The van der Waals surface area contributed by atoms with E-state index in [0.29, 0.717) is 18.5 Å². The van der Waals surface area contributed by atoms with Crippen LogP contribution < -0.4 is 5.73 Å². The number of nitrogens with zero attached hydrogens (tertiary/aromatic N) is 2. The lowest BCUT2D eigenvalue weighted by molar-refractivity contribution is 0.603. The first-order valence-electron chi connectivity index (χ1n) is 4.73. The standard InChI is InChI=1S/C10H10FN3S2/c11-8-2-1-3-9(7(8)4-5-12)15-10-13-6-14-16-10/h1-3,6H,4-5,12H2. The average molecular weight is 255 g/mol. The van der Waals surface area contributed by atoms with Gasteiger partial charge < -0.3 is 5.73 Å². The Morgan fingerprint density at radius 3 is 3.00 bits per heavy atom. The number of aromatic nitrogens is 2. The minimum atomic E-state index is -0.208. The van der Waals surface area contributed by atoms with Crippen LogP contribution in [0.4, 0.5) is 4.39 Å². The molecule has 0 saturated carbocycles. The molecule has 0 aliphatic rings. The minimum Gasteiger partial charge on any atom is -0.330 e. The third-order valence-electron chi connectivity index (χ3n) is 2.01. The van der Waals surface area contributed by atoms with E-state index < -0.39 is 0 Å². The zero-order valence-corrected chi connectivity index (χ0v) is 10.0. The summed E-state index contributed by atoms with van der Waals surface area (Å²) in [6.45, 7) is 0.435. The van der Waals surface area contributed by atoms with Crippen LogP contribution in [0.25, 0.3) is 0 Å². The Morgan fingerprint density at radius 2 is 2.31 bits per heavy atom. The Morgan fingerprint density at radius 1 is 1.44 bits per heavy atom. The van der Waals surface area contributed by atoms with Gasteiger partial charge in [0.1, 0.15) is 12.1 Å². The first kappa shape index (κ1) is 11.5. The smallest absolute Gasteiger partial charge is 0.174 e. The molecule has 6 heteroatoms. The second kappa shape index (κ2) is 5.38. The van der Waals surface area contributed by atoms with Gasteiger partial charge in [0.05, 0.1) is 0 Å². The molecule has 0 bridgehead atoms. The van der Waals surface area contributed by atoms with E-state index in [2.05, 4.69) is 9.36 Å². The van der Waals surface area contributed by atoms with Crippen LogP contribution in [0.1, 0.15) is 5.56 Å². The summed E-state index contributed by atoms with van der Waals surface area (Å²) in [4.78, 5) is 4.92. The van der Waals surface area contributed by atoms with Crippen LogP contribution in [0, 0.1) is 5.82 Å². The lowest BCUT2D eigenvalue weighted by Crippen LogP contribution is -2.05. The van der Waals surface area contributed by atoms with E-state index in [1.807, 2.05) is 6.07 Å². The molecule has 2 rings (SSSR count). The molecular formula is C10H10FN3S2. The van der Waals surface area contributed by atoms with Gasteiger partial charge in [-0.2, -0.15) is 4.37 Å². The van der Waals surface area contributed by atoms with Crippen LogP contribution in [-0.2, 0) is 6.42 Å². The quantitative estimate of drug-likeness (QED) is 0.911. The molecule has 0 aliphatic carbocycles. The molecule has 1 heterocycles. The van der Waals surface area contributed by atoms with Gasteiger partial charge in [-0.15, -0.1) is 0 Å². The van der Waals surface area contributed by atoms with Gasteiger partial charge in [0.25, 0.3) is 0 Å². The first-order valence-corrected chi connectivity index (χ1v) is 6.32. The van der Waals surface area contributed by atoms with Crippen molar-refractivity contribution >= 4 is 23.3 Å². The fraction of sp³-hybridized carbons (Fsp3) is 0.200. The van der Waals surface area contributed by atoms with E-state index in [9.17, 15) is 4.39 Å². The highest BCUT2D eigenvalue weighted by Gasteiger charge is 2.10. The summed E-state index contributed by atoms with van der Waals surface area (Å²) in [7, 11) is 0. The molecule has 0 amide bonds. The highest BCUT2D eigenvalue weighted by atomic mass is 32.2. The van der Waals surface area contributed by atoms with E-state index in [1.165, 1.54) is 35.7 Å². The molecule has 2 N–H and O–H groups in total. The largest absolute Gasteiger partial charge is 0.330 e. The van der Waals surface area contributed by atoms with Crippen LogP contribution in [0.2, 0.25) is 0 Å². The van der Waals surface area contributed by atoms with Crippen molar-refractivity contribution < 1.29 is 4.39 Å². The van der Waals surface area contributed by atoms with E-state index in [4.69, 9.17) is 5.73 Å². The van der Waals surface area contributed by atoms with Crippen molar-refractivity contribution in [1.82, 2.24) is 9.36 Å². The maximum atomic E-state index is 13.6. The van der Waals surface area contributed by atoms with Crippen molar-refractivity contribution in [2.24, 2.45) is 5.73 Å². The summed E-state index contributed by atoms with van der Waals surface area (Å²) in [6, 6.07) is 5.02. The van der Waals surface area contributed by atoms with Crippen LogP contribution >= 0.6 is 23.3 Å². The maximum absolute atomic E-state index is 13.6. The Kier molecular flexibility index (Phi) is 3.87. The fourth-order valence-electron chi connectivity index (χ4n) is 1.32. The summed E-state index contributed by atoms with van der Waals surface area (Å²) in [5, 5.41) is 0. The molecule has 2 aromatic rings. The number of hydrogen-bond acceptors (Lipinski definition) is 5. The highest BCUT2D eigenvalue weighted by Crippen LogP contribution is 2.32. The summed E-state index contributed by atoms with van der Waals surface area (Å²) >= 11 is 2.72. The van der Waals surface area contributed by atoms with Gasteiger partial charge in [-0.25, -0.2) is 9.37 Å². The first-order chi connectivity index (χ1) is 7.81. The van der Waals surface area contributed by atoms with Crippen molar-refractivity contribution in [3.63, 3.8) is 0 Å². The predicted molar refractivity (Wildman–Crippen MR) is 63.2 cm³/mol. The third kappa shape index (κ3) is 2.58. The van der Waals surface area contributed by atoms with Gasteiger partial charge in [0.2, 0.25) is 0 Å².